The summed E-state index contributed by atoms with van der Waals surface area (Å²) in [5, 5.41) is 9.93. The maximum Gasteiger partial charge on any atom is 0.338 e. The van der Waals surface area contributed by atoms with E-state index in [-0.39, 0.29) is 16.9 Å². The summed E-state index contributed by atoms with van der Waals surface area (Å²) in [5.41, 5.74) is 1.73. The number of rotatable bonds is 10. The number of phenols is 1. The predicted octanol–water partition coefficient (Wildman–Crippen LogP) is 3.70. The number of nitrogens with zero attached hydrogens (tertiary/aromatic N) is 2. The molecule has 1 N–H and O–H groups in total. The molecule has 0 saturated heterocycles. The van der Waals surface area contributed by atoms with Crippen LogP contribution in [0.2, 0.25) is 0 Å². The first-order valence-electron chi connectivity index (χ1n) is 12.6. The maximum atomic E-state index is 13.8. The molecular formula is C29H32N2O7S. The molecule has 0 amide bonds. The number of methoxy groups -OCH3 is 3. The third kappa shape index (κ3) is 5.70. The van der Waals surface area contributed by atoms with Gasteiger partial charge in [0.15, 0.2) is 27.8 Å². The van der Waals surface area contributed by atoms with Crippen molar-refractivity contribution >= 4 is 23.4 Å². The number of benzene rings is 2. The van der Waals surface area contributed by atoms with E-state index in [0.717, 1.165) is 19.3 Å². The summed E-state index contributed by atoms with van der Waals surface area (Å²) >= 11 is 1.21. The van der Waals surface area contributed by atoms with Crippen LogP contribution in [-0.2, 0) is 9.53 Å². The van der Waals surface area contributed by atoms with Gasteiger partial charge in [-0.15, -0.1) is 0 Å². The zero-order valence-corrected chi connectivity index (χ0v) is 23.5. The van der Waals surface area contributed by atoms with Gasteiger partial charge in [0, 0.05) is 0 Å². The van der Waals surface area contributed by atoms with Crippen LogP contribution in [0.25, 0.3) is 6.08 Å². The predicted molar refractivity (Wildman–Crippen MR) is 148 cm³/mol. The van der Waals surface area contributed by atoms with Gasteiger partial charge < -0.3 is 24.1 Å². The summed E-state index contributed by atoms with van der Waals surface area (Å²) in [6.07, 6.45) is 4.79. The quantitative estimate of drug-likeness (QED) is 0.302. The minimum Gasteiger partial charge on any atom is -0.504 e. The molecule has 206 valence electrons. The molecule has 39 heavy (non-hydrogen) atoms. The van der Waals surface area contributed by atoms with E-state index in [0.29, 0.717) is 50.0 Å². The van der Waals surface area contributed by atoms with Gasteiger partial charge >= 0.3 is 5.97 Å². The molecule has 0 spiro atoms. The first kappa shape index (κ1) is 28.0. The van der Waals surface area contributed by atoms with Crippen molar-refractivity contribution in [2.75, 3.05) is 27.9 Å². The van der Waals surface area contributed by atoms with Crippen LogP contribution in [0.4, 0.5) is 0 Å². The summed E-state index contributed by atoms with van der Waals surface area (Å²) in [4.78, 5) is 31.8. The van der Waals surface area contributed by atoms with E-state index in [9.17, 15) is 14.7 Å². The van der Waals surface area contributed by atoms with Gasteiger partial charge in [0.1, 0.15) is 0 Å². The van der Waals surface area contributed by atoms with Gasteiger partial charge in [-0.05, 0) is 54.8 Å². The van der Waals surface area contributed by atoms with E-state index in [1.165, 1.54) is 36.2 Å². The zero-order valence-electron chi connectivity index (χ0n) is 22.6. The summed E-state index contributed by atoms with van der Waals surface area (Å²) in [6.45, 7) is 4.42. The second-order valence-corrected chi connectivity index (χ2v) is 9.98. The molecule has 3 aromatic rings. The van der Waals surface area contributed by atoms with Crippen molar-refractivity contribution < 1.29 is 28.8 Å². The molecule has 9 nitrogen and oxygen atoms in total. The highest BCUT2D eigenvalue weighted by Crippen LogP contribution is 2.36. The molecule has 1 unspecified atom stereocenters. The summed E-state index contributed by atoms with van der Waals surface area (Å²) < 4.78 is 23.7. The lowest BCUT2D eigenvalue weighted by Gasteiger charge is -2.25. The Balaban J connectivity index is 1.85. The van der Waals surface area contributed by atoms with Crippen molar-refractivity contribution in [1.29, 1.82) is 0 Å². The highest BCUT2D eigenvalue weighted by atomic mass is 32.1. The largest absolute Gasteiger partial charge is 0.504 e. The summed E-state index contributed by atoms with van der Waals surface area (Å²) in [7, 11) is 4.31. The smallest absolute Gasteiger partial charge is 0.338 e. The fraction of sp³-hybridized carbons (Fsp3) is 0.345. The number of unbranched alkanes of at least 4 members (excludes halogenated alkanes) is 2. The van der Waals surface area contributed by atoms with Crippen molar-refractivity contribution in [2.24, 2.45) is 4.99 Å². The Morgan fingerprint density at radius 3 is 2.54 bits per heavy atom. The van der Waals surface area contributed by atoms with Crippen LogP contribution in [-0.4, -0.2) is 43.6 Å². The Kier molecular flexibility index (Phi) is 8.75. The molecule has 1 aliphatic heterocycles. The molecule has 0 fully saturated rings. The number of phenolic OH excluding ortho intramolecular Hbond substituents is 1. The molecule has 2 aromatic carbocycles. The van der Waals surface area contributed by atoms with E-state index in [1.54, 1.807) is 44.4 Å². The molecule has 0 aliphatic carbocycles. The van der Waals surface area contributed by atoms with Crippen LogP contribution in [0.5, 0.6) is 23.0 Å². The molecular weight excluding hydrogens is 520 g/mol. The zero-order chi connectivity index (χ0) is 28.1. The SMILES string of the molecule is CCCCCOc1ccc(C2C(C(=O)OC)=C(C)N=c3s/c(=C\c4ccc(O)c(OC)c4)c(=O)n32)cc1OC. The van der Waals surface area contributed by atoms with Crippen molar-refractivity contribution in [3.63, 3.8) is 0 Å². The highest BCUT2D eigenvalue weighted by Gasteiger charge is 2.33. The minimum absolute atomic E-state index is 0.00110. The third-order valence-corrected chi connectivity index (χ3v) is 7.42. The second kappa shape index (κ2) is 12.2. The second-order valence-electron chi connectivity index (χ2n) is 8.97. The molecule has 0 radical (unpaired) electrons. The Labute approximate surface area is 230 Å². The molecule has 4 rings (SSSR count). The molecule has 1 atom stereocenters. The fourth-order valence-corrected chi connectivity index (χ4v) is 5.50. The normalized spacial score (nSPS) is 15.0. The fourth-order valence-electron chi connectivity index (χ4n) is 4.45. The van der Waals surface area contributed by atoms with Gasteiger partial charge in [-0.25, -0.2) is 9.79 Å². The monoisotopic (exact) mass is 552 g/mol. The van der Waals surface area contributed by atoms with Gasteiger partial charge in [-0.1, -0.05) is 43.2 Å². The molecule has 1 aromatic heterocycles. The number of fused-ring (bicyclic) bond motifs is 1. The van der Waals surface area contributed by atoms with Crippen molar-refractivity contribution in [1.82, 2.24) is 4.57 Å². The van der Waals surface area contributed by atoms with Crippen LogP contribution in [0.1, 0.15) is 50.3 Å². The number of hydrogen-bond acceptors (Lipinski definition) is 9. The van der Waals surface area contributed by atoms with Crippen LogP contribution in [0, 0.1) is 0 Å². The third-order valence-electron chi connectivity index (χ3n) is 6.44. The Hall–Kier alpha value is -4.05. The molecule has 10 heteroatoms. The lowest BCUT2D eigenvalue weighted by molar-refractivity contribution is -0.136. The van der Waals surface area contributed by atoms with Gasteiger partial charge in [0.05, 0.1) is 49.8 Å². The standard InChI is InChI=1S/C29H32N2O7S/c1-6-7-8-13-38-21-12-10-19(16-23(21)36-4)26-25(28(34)37-5)17(2)30-29-31(26)27(33)24(39-29)15-18-9-11-20(32)22(14-18)35-3/h9-12,14-16,26,32H,6-8,13H2,1-5H3/b24-15-. The van der Waals surface area contributed by atoms with E-state index < -0.39 is 12.0 Å². The van der Waals surface area contributed by atoms with E-state index in [4.69, 9.17) is 18.9 Å². The number of carbonyl (C=O) groups is 1. The van der Waals surface area contributed by atoms with Gasteiger partial charge in [-0.3, -0.25) is 9.36 Å². The van der Waals surface area contributed by atoms with Crippen LogP contribution >= 0.6 is 11.3 Å². The van der Waals surface area contributed by atoms with E-state index >= 15 is 0 Å². The van der Waals surface area contributed by atoms with Crippen molar-refractivity contribution in [3.05, 3.63) is 78.5 Å². The summed E-state index contributed by atoms with van der Waals surface area (Å²) in [6, 6.07) is 9.44. The van der Waals surface area contributed by atoms with Gasteiger partial charge in [0.2, 0.25) is 0 Å². The maximum absolute atomic E-state index is 13.8. The first-order valence-corrected chi connectivity index (χ1v) is 13.4. The van der Waals surface area contributed by atoms with Crippen molar-refractivity contribution in [3.8, 4) is 23.0 Å². The van der Waals surface area contributed by atoms with Crippen molar-refractivity contribution in [2.45, 2.75) is 39.2 Å². The highest BCUT2D eigenvalue weighted by molar-refractivity contribution is 7.07. The Bertz CT molecular complexity index is 1590. The number of aromatic nitrogens is 1. The number of ether oxygens (including phenoxy) is 4. The number of thiazole rings is 1. The van der Waals surface area contributed by atoms with Crippen LogP contribution in [0.3, 0.4) is 0 Å². The topological polar surface area (TPSA) is 109 Å². The van der Waals surface area contributed by atoms with Crippen LogP contribution < -0.4 is 29.1 Å². The number of carbonyl (C=O) groups excluding carboxylic acids is 1. The first-order chi connectivity index (χ1) is 18.8. The summed E-state index contributed by atoms with van der Waals surface area (Å²) in [5.74, 6) is 0.814. The number of allylic oxidation sites excluding steroid dienone is 1. The number of aromatic hydroxyl groups is 1. The Morgan fingerprint density at radius 1 is 1.08 bits per heavy atom. The average molecular weight is 553 g/mol. The molecule has 1 aliphatic rings. The lowest BCUT2D eigenvalue weighted by atomic mass is 9.95. The molecule has 0 saturated carbocycles. The van der Waals surface area contributed by atoms with Gasteiger partial charge in [-0.2, -0.15) is 0 Å². The Morgan fingerprint density at radius 2 is 1.85 bits per heavy atom. The molecule has 0 bridgehead atoms. The van der Waals surface area contributed by atoms with Gasteiger partial charge in [0.25, 0.3) is 5.56 Å². The van der Waals surface area contributed by atoms with Crippen LogP contribution in [0.15, 0.2) is 57.5 Å². The molecule has 2 heterocycles. The van der Waals surface area contributed by atoms with E-state index in [2.05, 4.69) is 11.9 Å². The van der Waals surface area contributed by atoms with E-state index in [1.807, 2.05) is 6.07 Å². The lowest BCUT2D eigenvalue weighted by Crippen LogP contribution is -2.39. The minimum atomic E-state index is -0.784. The number of hydrogen-bond donors (Lipinski definition) is 1. The average Bonchev–Trinajstić information content (AvgIpc) is 3.24. The number of esters is 1.